The molecule has 1 radical (unpaired) electrons. The van der Waals surface area contributed by atoms with Gasteiger partial charge in [0, 0.05) is 22.4 Å². The molecule has 83 valence electrons. The molecule has 0 fully saturated rings. The van der Waals surface area contributed by atoms with Crippen molar-refractivity contribution in [2.24, 2.45) is 0 Å². The van der Waals surface area contributed by atoms with E-state index in [-0.39, 0.29) is 22.4 Å². The summed E-state index contributed by atoms with van der Waals surface area (Å²) in [5.74, 6) is 0. The van der Waals surface area contributed by atoms with Gasteiger partial charge in [-0.25, -0.2) is 0 Å². The maximum absolute atomic E-state index is 2.93. The Labute approximate surface area is 100.0 Å². The Balaban J connectivity index is -0.0000000450. The van der Waals surface area contributed by atoms with Gasteiger partial charge in [0.2, 0.25) is 0 Å². The predicted octanol–water partition coefficient (Wildman–Crippen LogP) is 0.675. The van der Waals surface area contributed by atoms with Gasteiger partial charge in [0.25, 0.3) is 0 Å². The summed E-state index contributed by atoms with van der Waals surface area (Å²) < 4.78 is 0. The van der Waals surface area contributed by atoms with E-state index in [0.717, 1.165) is 19.6 Å². The van der Waals surface area contributed by atoms with Crippen LogP contribution in [0, 0.1) is 0 Å². The smallest absolute Gasteiger partial charge is 0 e. The van der Waals surface area contributed by atoms with E-state index >= 15 is 0 Å². The van der Waals surface area contributed by atoms with Crippen LogP contribution < -0.4 is 16.0 Å². The zero-order valence-electron chi connectivity index (χ0n) is 10.1. The van der Waals surface area contributed by atoms with Crippen LogP contribution in [-0.4, -0.2) is 40.8 Å². The van der Waals surface area contributed by atoms with Crippen molar-refractivity contribution in [3.8, 4) is 0 Å². The summed E-state index contributed by atoms with van der Waals surface area (Å²) in [5, 5.41) is 8.79. The fourth-order valence-corrected chi connectivity index (χ4v) is 0. The Hall–Kier alpha value is 0.620. The minimum absolute atomic E-state index is 0. The molecule has 0 aromatic carbocycles. The fourth-order valence-electron chi connectivity index (χ4n) is 0. The molecule has 3 N–H and O–H groups in total. The van der Waals surface area contributed by atoms with Gasteiger partial charge in [0.15, 0.2) is 0 Å². The summed E-state index contributed by atoms with van der Waals surface area (Å²) in [6.07, 6.45) is 0. The van der Waals surface area contributed by atoms with Crippen LogP contribution in [0.5, 0.6) is 0 Å². The molecule has 0 saturated carbocycles. The molecule has 4 heteroatoms. The first-order chi connectivity index (χ1) is 5.74. The number of hydrogen-bond acceptors (Lipinski definition) is 3. The molecule has 0 heterocycles. The molecule has 0 bridgehead atoms. The average molecular weight is 358 g/mol. The van der Waals surface area contributed by atoms with Crippen molar-refractivity contribution in [2.75, 3.05) is 40.8 Å². The van der Waals surface area contributed by atoms with Crippen molar-refractivity contribution in [2.45, 2.75) is 20.8 Å². The van der Waals surface area contributed by atoms with Crippen LogP contribution in [0.4, 0.5) is 0 Å². The van der Waals surface area contributed by atoms with Crippen molar-refractivity contribution < 1.29 is 22.4 Å². The Morgan fingerprint density at radius 2 is 0.692 bits per heavy atom. The van der Waals surface area contributed by atoms with E-state index in [9.17, 15) is 0 Å². The maximum Gasteiger partial charge on any atom is 0 e. The van der Waals surface area contributed by atoms with Crippen molar-refractivity contribution >= 4 is 0 Å². The third-order valence-corrected chi connectivity index (χ3v) is 1.06. The van der Waals surface area contributed by atoms with E-state index in [2.05, 4.69) is 36.7 Å². The minimum atomic E-state index is 0. The Morgan fingerprint density at radius 1 is 0.615 bits per heavy atom. The molecule has 13 heavy (non-hydrogen) atoms. The van der Waals surface area contributed by atoms with Gasteiger partial charge >= 0.3 is 0 Å². The molecule has 3 nitrogen and oxygen atoms in total. The van der Waals surface area contributed by atoms with E-state index in [4.69, 9.17) is 0 Å². The van der Waals surface area contributed by atoms with Crippen LogP contribution in [0.2, 0.25) is 0 Å². The third kappa shape index (κ3) is 109. The molecular formula is C9H27N3Ta. The van der Waals surface area contributed by atoms with Gasteiger partial charge in [-0.2, -0.15) is 0 Å². The van der Waals surface area contributed by atoms with Crippen LogP contribution in [0.1, 0.15) is 20.8 Å². The first-order valence-corrected chi connectivity index (χ1v) is 4.68. The average Bonchev–Trinajstić information content (AvgIpc) is 2.18. The maximum atomic E-state index is 2.93. The molecule has 0 aromatic heterocycles. The summed E-state index contributed by atoms with van der Waals surface area (Å²) in [7, 11) is 5.79. The van der Waals surface area contributed by atoms with Crippen molar-refractivity contribution in [3.05, 3.63) is 0 Å². The van der Waals surface area contributed by atoms with Crippen molar-refractivity contribution in [3.63, 3.8) is 0 Å². The normalized spacial score (nSPS) is 6.92. The molecule has 0 unspecified atom stereocenters. The summed E-state index contributed by atoms with van der Waals surface area (Å²) in [6, 6.07) is 0. The summed E-state index contributed by atoms with van der Waals surface area (Å²) >= 11 is 0. The zero-order chi connectivity index (χ0) is 10.2. The van der Waals surface area contributed by atoms with Gasteiger partial charge in [0.1, 0.15) is 0 Å². The topological polar surface area (TPSA) is 36.1 Å². The van der Waals surface area contributed by atoms with Crippen molar-refractivity contribution in [1.82, 2.24) is 16.0 Å². The van der Waals surface area contributed by atoms with Gasteiger partial charge in [-0.05, 0) is 40.8 Å². The molecule has 0 saturated heterocycles. The minimum Gasteiger partial charge on any atom is -0.320 e. The van der Waals surface area contributed by atoms with Gasteiger partial charge < -0.3 is 16.0 Å². The third-order valence-electron chi connectivity index (χ3n) is 1.06. The van der Waals surface area contributed by atoms with E-state index < -0.39 is 0 Å². The molecule has 0 aliphatic carbocycles. The molecular weight excluding hydrogens is 331 g/mol. The Bertz CT molecular complexity index is 30.3. The van der Waals surface area contributed by atoms with Gasteiger partial charge in [0.05, 0.1) is 0 Å². The molecule has 0 rings (SSSR count). The molecule has 0 atom stereocenters. The molecule has 0 aliphatic heterocycles. The zero-order valence-corrected chi connectivity index (χ0v) is 13.3. The number of rotatable bonds is 3. The second kappa shape index (κ2) is 38.9. The van der Waals surface area contributed by atoms with Crippen LogP contribution >= 0.6 is 0 Å². The first kappa shape index (κ1) is 23.4. The van der Waals surface area contributed by atoms with Gasteiger partial charge in [-0.3, -0.25) is 0 Å². The number of hydrogen-bond donors (Lipinski definition) is 3. The van der Waals surface area contributed by atoms with Gasteiger partial charge in [-0.1, -0.05) is 20.8 Å². The molecule has 0 aliphatic rings. The van der Waals surface area contributed by atoms with E-state index in [0.29, 0.717) is 0 Å². The molecule has 0 spiro atoms. The van der Waals surface area contributed by atoms with Crippen LogP contribution in [0.3, 0.4) is 0 Å². The SMILES string of the molecule is CCNC.CCNC.CCNC.[Ta]. The van der Waals surface area contributed by atoms with E-state index in [1.807, 2.05) is 21.1 Å². The number of nitrogens with one attached hydrogen (secondary N) is 3. The molecule has 0 aromatic rings. The van der Waals surface area contributed by atoms with Crippen LogP contribution in [-0.2, 0) is 22.4 Å². The first-order valence-electron chi connectivity index (χ1n) is 4.68. The largest absolute Gasteiger partial charge is 0.320 e. The Kier molecular flexibility index (Phi) is 70.1. The standard InChI is InChI=1S/3C3H9N.Ta/c3*1-3-4-2;/h3*4H,3H2,1-2H3;. The second-order valence-corrected chi connectivity index (χ2v) is 2.12. The monoisotopic (exact) mass is 358 g/mol. The Morgan fingerprint density at radius 3 is 0.692 bits per heavy atom. The predicted molar refractivity (Wildman–Crippen MR) is 58.8 cm³/mol. The fraction of sp³-hybridized carbons (Fsp3) is 1.00. The summed E-state index contributed by atoms with van der Waals surface area (Å²) in [4.78, 5) is 0. The van der Waals surface area contributed by atoms with Crippen LogP contribution in [0.15, 0.2) is 0 Å². The van der Waals surface area contributed by atoms with E-state index in [1.165, 1.54) is 0 Å². The van der Waals surface area contributed by atoms with Crippen LogP contribution in [0.25, 0.3) is 0 Å². The molecule has 0 amide bonds. The summed E-state index contributed by atoms with van der Waals surface area (Å²) in [5.41, 5.74) is 0. The van der Waals surface area contributed by atoms with Crippen molar-refractivity contribution in [1.29, 1.82) is 0 Å². The summed E-state index contributed by atoms with van der Waals surface area (Å²) in [6.45, 7) is 9.42. The van der Waals surface area contributed by atoms with E-state index in [1.54, 1.807) is 0 Å². The van der Waals surface area contributed by atoms with Gasteiger partial charge in [-0.15, -0.1) is 0 Å². The quantitative estimate of drug-likeness (QED) is 0.694. The second-order valence-electron chi connectivity index (χ2n) is 2.12.